The molecule has 1 atom stereocenters. The summed E-state index contributed by atoms with van der Waals surface area (Å²) in [4.78, 5) is 29.6. The number of amides is 2. The highest BCUT2D eigenvalue weighted by atomic mass is 32.1. The summed E-state index contributed by atoms with van der Waals surface area (Å²) in [6.07, 6.45) is 5.52. The van der Waals surface area contributed by atoms with E-state index in [1.165, 1.54) is 17.8 Å². The van der Waals surface area contributed by atoms with Gasteiger partial charge in [-0.05, 0) is 35.4 Å². The Labute approximate surface area is 187 Å². The molecule has 0 radical (unpaired) electrons. The molecule has 0 aliphatic heterocycles. The number of nitrogens with one attached hydrogen (secondary N) is 1. The third kappa shape index (κ3) is 5.42. The van der Waals surface area contributed by atoms with E-state index in [2.05, 4.69) is 5.32 Å². The van der Waals surface area contributed by atoms with E-state index in [4.69, 9.17) is 0 Å². The van der Waals surface area contributed by atoms with Crippen LogP contribution in [0.25, 0.3) is 0 Å². The van der Waals surface area contributed by atoms with Crippen LogP contribution >= 0.6 is 11.3 Å². The van der Waals surface area contributed by atoms with Crippen molar-refractivity contribution in [2.75, 3.05) is 0 Å². The number of rotatable bonds is 7. The summed E-state index contributed by atoms with van der Waals surface area (Å²) in [5.74, 6) is -0.217. The molecule has 1 aromatic heterocycles. The van der Waals surface area contributed by atoms with Crippen LogP contribution in [-0.2, 0) is 11.3 Å². The van der Waals surface area contributed by atoms with E-state index in [1.54, 1.807) is 4.90 Å². The summed E-state index contributed by atoms with van der Waals surface area (Å²) in [6, 6.07) is 22.7. The molecule has 5 heteroatoms. The third-order valence-electron chi connectivity index (χ3n) is 5.82. The van der Waals surface area contributed by atoms with Gasteiger partial charge in [-0.25, -0.2) is 0 Å². The van der Waals surface area contributed by atoms with Crippen LogP contribution < -0.4 is 5.32 Å². The normalized spacial score (nSPS) is 15.2. The molecule has 0 bridgehead atoms. The van der Waals surface area contributed by atoms with E-state index in [0.29, 0.717) is 11.4 Å². The van der Waals surface area contributed by atoms with Crippen LogP contribution in [-0.4, -0.2) is 22.8 Å². The van der Waals surface area contributed by atoms with E-state index in [9.17, 15) is 9.59 Å². The van der Waals surface area contributed by atoms with Crippen LogP contribution in [0.4, 0.5) is 0 Å². The lowest BCUT2D eigenvalue weighted by Crippen LogP contribution is -2.46. The zero-order chi connectivity index (χ0) is 21.5. The van der Waals surface area contributed by atoms with Gasteiger partial charge in [0.25, 0.3) is 5.91 Å². The van der Waals surface area contributed by atoms with Crippen molar-refractivity contribution in [3.8, 4) is 0 Å². The number of carbonyl (C=O) groups is 2. The minimum atomic E-state index is -0.682. The molecule has 4 nitrogen and oxygen atoms in total. The molecule has 1 aliphatic carbocycles. The molecule has 1 saturated carbocycles. The van der Waals surface area contributed by atoms with Gasteiger partial charge in [0.15, 0.2) is 0 Å². The van der Waals surface area contributed by atoms with Crippen LogP contribution in [0.1, 0.15) is 58.9 Å². The summed E-state index contributed by atoms with van der Waals surface area (Å²) < 4.78 is 0. The highest BCUT2D eigenvalue weighted by Crippen LogP contribution is 2.28. The smallest absolute Gasteiger partial charge is 0.265 e. The quantitative estimate of drug-likeness (QED) is 0.530. The summed E-state index contributed by atoms with van der Waals surface area (Å²) in [5, 5.41) is 5.15. The topological polar surface area (TPSA) is 49.4 Å². The van der Waals surface area contributed by atoms with Gasteiger partial charge in [-0.1, -0.05) is 86.0 Å². The number of benzene rings is 2. The summed E-state index contributed by atoms with van der Waals surface area (Å²) in [5.41, 5.74) is 1.83. The first-order valence-electron chi connectivity index (χ1n) is 11.0. The summed E-state index contributed by atoms with van der Waals surface area (Å²) in [7, 11) is 0. The van der Waals surface area contributed by atoms with Crippen molar-refractivity contribution in [1.29, 1.82) is 0 Å². The Bertz CT molecular complexity index is 967. The molecule has 3 aromatic rings. The highest BCUT2D eigenvalue weighted by Gasteiger charge is 2.33. The lowest BCUT2D eigenvalue weighted by atomic mass is 9.94. The highest BCUT2D eigenvalue weighted by molar-refractivity contribution is 7.12. The summed E-state index contributed by atoms with van der Waals surface area (Å²) in [6.45, 7) is 0.370. The van der Waals surface area contributed by atoms with Crippen molar-refractivity contribution in [2.45, 2.75) is 50.7 Å². The Hall–Kier alpha value is -2.92. The van der Waals surface area contributed by atoms with Crippen molar-refractivity contribution in [2.24, 2.45) is 0 Å². The maximum absolute atomic E-state index is 13.6. The second-order valence-corrected chi connectivity index (χ2v) is 9.00. The predicted molar refractivity (Wildman–Crippen MR) is 125 cm³/mol. The number of hydrogen-bond acceptors (Lipinski definition) is 3. The minimum absolute atomic E-state index is 0.0982. The van der Waals surface area contributed by atoms with E-state index in [0.717, 1.165) is 36.8 Å². The second-order valence-electron chi connectivity index (χ2n) is 8.05. The number of hydrogen-bond donors (Lipinski definition) is 1. The van der Waals surface area contributed by atoms with Gasteiger partial charge in [0, 0.05) is 12.6 Å². The van der Waals surface area contributed by atoms with Gasteiger partial charge < -0.3 is 10.2 Å². The molecule has 31 heavy (non-hydrogen) atoms. The molecule has 1 fully saturated rings. The molecular formula is C26H28N2O2S. The van der Waals surface area contributed by atoms with Crippen molar-refractivity contribution in [3.63, 3.8) is 0 Å². The fourth-order valence-corrected chi connectivity index (χ4v) is 4.92. The Morgan fingerprint density at radius 2 is 1.58 bits per heavy atom. The first-order valence-corrected chi connectivity index (χ1v) is 11.8. The number of carbonyl (C=O) groups excluding carboxylic acids is 2. The first kappa shape index (κ1) is 21.3. The SMILES string of the molecule is O=C(NC1CCCCC1)[C@@H](c1ccccc1)N(Cc1ccccc1)C(=O)c1cccs1. The standard InChI is InChI=1S/C26H28N2O2S/c29-25(27-22-15-8-3-9-16-22)24(21-13-6-2-7-14-21)28(19-20-11-4-1-5-12-20)26(30)23-17-10-18-31-23/h1-2,4-7,10-14,17-18,22,24H,3,8-9,15-16,19H2,(H,27,29)/t24-/m1/s1. The van der Waals surface area contributed by atoms with Crippen LogP contribution in [0, 0.1) is 0 Å². The third-order valence-corrected chi connectivity index (χ3v) is 6.67. The average Bonchev–Trinajstić information content (AvgIpc) is 3.35. The molecule has 0 saturated heterocycles. The van der Waals surface area contributed by atoms with Gasteiger partial charge in [0.1, 0.15) is 6.04 Å². The molecule has 2 aromatic carbocycles. The molecule has 1 heterocycles. The zero-order valence-corrected chi connectivity index (χ0v) is 18.4. The van der Waals surface area contributed by atoms with E-state index in [1.807, 2.05) is 78.2 Å². The molecule has 0 unspecified atom stereocenters. The number of thiophene rings is 1. The van der Waals surface area contributed by atoms with Gasteiger partial charge in [0.05, 0.1) is 4.88 Å². The van der Waals surface area contributed by atoms with Gasteiger partial charge >= 0.3 is 0 Å². The van der Waals surface area contributed by atoms with Gasteiger partial charge in [-0.2, -0.15) is 0 Å². The monoisotopic (exact) mass is 432 g/mol. The largest absolute Gasteiger partial charge is 0.351 e. The average molecular weight is 433 g/mol. The molecular weight excluding hydrogens is 404 g/mol. The molecule has 2 amide bonds. The lowest BCUT2D eigenvalue weighted by Gasteiger charge is -2.33. The van der Waals surface area contributed by atoms with Gasteiger partial charge in [0.2, 0.25) is 5.91 Å². The minimum Gasteiger partial charge on any atom is -0.351 e. The Balaban J connectivity index is 1.69. The first-order chi connectivity index (χ1) is 15.2. The summed E-state index contributed by atoms with van der Waals surface area (Å²) >= 11 is 1.41. The lowest BCUT2D eigenvalue weighted by molar-refractivity contribution is -0.127. The molecule has 4 rings (SSSR count). The van der Waals surface area contributed by atoms with Gasteiger partial charge in [-0.3, -0.25) is 9.59 Å². The maximum atomic E-state index is 13.6. The van der Waals surface area contributed by atoms with Crippen molar-refractivity contribution < 1.29 is 9.59 Å². The molecule has 0 spiro atoms. The molecule has 1 aliphatic rings. The van der Waals surface area contributed by atoms with Gasteiger partial charge in [-0.15, -0.1) is 11.3 Å². The maximum Gasteiger partial charge on any atom is 0.265 e. The van der Waals surface area contributed by atoms with E-state index < -0.39 is 6.04 Å². The zero-order valence-electron chi connectivity index (χ0n) is 17.6. The van der Waals surface area contributed by atoms with Crippen LogP contribution in [0.2, 0.25) is 0 Å². The number of nitrogens with zero attached hydrogens (tertiary/aromatic N) is 1. The fourth-order valence-electron chi connectivity index (χ4n) is 4.24. The van der Waals surface area contributed by atoms with Crippen molar-refractivity contribution in [3.05, 3.63) is 94.2 Å². The Morgan fingerprint density at radius 3 is 2.23 bits per heavy atom. The van der Waals surface area contributed by atoms with Crippen LogP contribution in [0.5, 0.6) is 0 Å². The van der Waals surface area contributed by atoms with Crippen LogP contribution in [0.15, 0.2) is 78.2 Å². The predicted octanol–water partition coefficient (Wildman–Crippen LogP) is 5.58. The van der Waals surface area contributed by atoms with E-state index >= 15 is 0 Å². The molecule has 1 N–H and O–H groups in total. The fraction of sp³-hybridized carbons (Fsp3) is 0.308. The Morgan fingerprint density at radius 1 is 0.903 bits per heavy atom. The Kier molecular flexibility index (Phi) is 7.15. The van der Waals surface area contributed by atoms with E-state index in [-0.39, 0.29) is 17.9 Å². The van der Waals surface area contributed by atoms with Crippen LogP contribution in [0.3, 0.4) is 0 Å². The van der Waals surface area contributed by atoms with Crippen molar-refractivity contribution in [1.82, 2.24) is 10.2 Å². The van der Waals surface area contributed by atoms with Crippen molar-refractivity contribution >= 4 is 23.2 Å². The molecule has 160 valence electrons. The second kappa shape index (κ2) is 10.4.